The largest absolute Gasteiger partial charge is 0.388 e. The van der Waals surface area contributed by atoms with Gasteiger partial charge in [-0.15, -0.1) is 0 Å². The molecule has 17 heavy (non-hydrogen) atoms. The summed E-state index contributed by atoms with van der Waals surface area (Å²) in [5, 5.41) is 10.2. The number of hydrogen-bond donors (Lipinski definition) is 1. The molecule has 1 atom stereocenters. The molecule has 0 saturated carbocycles. The summed E-state index contributed by atoms with van der Waals surface area (Å²) < 4.78 is 2.04. The van der Waals surface area contributed by atoms with Crippen LogP contribution in [0, 0.1) is 6.92 Å². The first-order valence-corrected chi connectivity index (χ1v) is 5.82. The van der Waals surface area contributed by atoms with Gasteiger partial charge >= 0.3 is 0 Å². The van der Waals surface area contributed by atoms with E-state index >= 15 is 0 Å². The lowest BCUT2D eigenvalue weighted by Crippen LogP contribution is -2.09. The van der Waals surface area contributed by atoms with Crippen molar-refractivity contribution in [2.75, 3.05) is 0 Å². The van der Waals surface area contributed by atoms with E-state index in [1.807, 2.05) is 29.8 Å². The van der Waals surface area contributed by atoms with Gasteiger partial charge in [0.15, 0.2) is 0 Å². The summed E-state index contributed by atoms with van der Waals surface area (Å²) in [5.41, 5.74) is 1.74. The normalized spacial score (nSPS) is 12.6. The zero-order valence-electron chi connectivity index (χ0n) is 10.2. The predicted octanol–water partition coefficient (Wildman–Crippen LogP) is 1.88. The third-order valence-corrected chi connectivity index (χ3v) is 2.93. The number of rotatable bonds is 4. The molecule has 4 nitrogen and oxygen atoms in total. The highest BCUT2D eigenvalue weighted by atomic mass is 16.3. The number of imidazole rings is 1. The van der Waals surface area contributed by atoms with Gasteiger partial charge in [-0.2, -0.15) is 0 Å². The highest BCUT2D eigenvalue weighted by Crippen LogP contribution is 2.19. The van der Waals surface area contributed by atoms with Crippen LogP contribution >= 0.6 is 0 Å². The maximum Gasteiger partial charge on any atom is 0.111 e. The Labute approximate surface area is 101 Å². The fraction of sp³-hybridized carbons (Fsp3) is 0.385. The Morgan fingerprint density at radius 2 is 2.18 bits per heavy atom. The molecule has 0 aliphatic rings. The molecule has 0 aromatic carbocycles. The second-order valence-electron chi connectivity index (χ2n) is 4.03. The predicted molar refractivity (Wildman–Crippen MR) is 65.5 cm³/mol. The van der Waals surface area contributed by atoms with Gasteiger partial charge in [-0.05, 0) is 19.9 Å². The van der Waals surface area contributed by atoms with Crippen LogP contribution in [0.5, 0.6) is 0 Å². The number of aryl methyl sites for hydroxylation is 2. The van der Waals surface area contributed by atoms with Gasteiger partial charge in [0.25, 0.3) is 0 Å². The van der Waals surface area contributed by atoms with Crippen LogP contribution in [0.2, 0.25) is 0 Å². The van der Waals surface area contributed by atoms with Gasteiger partial charge in [0.1, 0.15) is 5.82 Å². The molecule has 1 N–H and O–H groups in total. The maximum absolute atomic E-state index is 10.2. The summed E-state index contributed by atoms with van der Waals surface area (Å²) in [6, 6.07) is 3.75. The minimum atomic E-state index is -0.545. The van der Waals surface area contributed by atoms with Gasteiger partial charge in [0, 0.05) is 42.8 Å². The molecule has 2 heterocycles. The molecule has 2 aromatic heterocycles. The molecule has 0 amide bonds. The second kappa shape index (κ2) is 5.10. The average molecular weight is 231 g/mol. The van der Waals surface area contributed by atoms with Gasteiger partial charge in [-0.1, -0.05) is 6.07 Å². The van der Waals surface area contributed by atoms with Crippen LogP contribution in [0.15, 0.2) is 30.7 Å². The number of aliphatic hydroxyl groups is 1. The topological polar surface area (TPSA) is 50.9 Å². The molecular weight excluding hydrogens is 214 g/mol. The summed E-state index contributed by atoms with van der Waals surface area (Å²) in [6.07, 6.45) is 5.41. The van der Waals surface area contributed by atoms with Crippen molar-refractivity contribution >= 4 is 0 Å². The molecule has 2 rings (SSSR count). The van der Waals surface area contributed by atoms with E-state index < -0.39 is 6.10 Å². The zero-order valence-corrected chi connectivity index (χ0v) is 10.2. The minimum absolute atomic E-state index is 0.521. The van der Waals surface area contributed by atoms with Crippen molar-refractivity contribution in [1.29, 1.82) is 0 Å². The van der Waals surface area contributed by atoms with Crippen molar-refractivity contribution in [2.45, 2.75) is 32.9 Å². The molecule has 2 aromatic rings. The monoisotopic (exact) mass is 231 g/mol. The van der Waals surface area contributed by atoms with Crippen molar-refractivity contribution in [2.24, 2.45) is 0 Å². The third-order valence-electron chi connectivity index (χ3n) is 2.93. The van der Waals surface area contributed by atoms with E-state index in [2.05, 4.69) is 16.9 Å². The van der Waals surface area contributed by atoms with E-state index in [-0.39, 0.29) is 0 Å². The van der Waals surface area contributed by atoms with Crippen molar-refractivity contribution in [3.05, 3.63) is 47.8 Å². The molecule has 90 valence electrons. The quantitative estimate of drug-likeness (QED) is 0.874. The number of pyridine rings is 1. The first-order chi connectivity index (χ1) is 8.22. The fourth-order valence-electron chi connectivity index (χ4n) is 1.95. The Hall–Kier alpha value is -1.68. The lowest BCUT2D eigenvalue weighted by atomic mass is 10.1. The smallest absolute Gasteiger partial charge is 0.111 e. The highest BCUT2D eigenvalue weighted by molar-refractivity contribution is 5.21. The second-order valence-corrected chi connectivity index (χ2v) is 4.03. The number of nitrogens with zero attached hydrogens (tertiary/aromatic N) is 3. The fourth-order valence-corrected chi connectivity index (χ4v) is 1.95. The van der Waals surface area contributed by atoms with E-state index in [1.165, 1.54) is 0 Å². The van der Waals surface area contributed by atoms with Crippen LogP contribution in [0.4, 0.5) is 0 Å². The van der Waals surface area contributed by atoms with Crippen LogP contribution in [-0.4, -0.2) is 19.6 Å². The van der Waals surface area contributed by atoms with Crippen molar-refractivity contribution in [3.63, 3.8) is 0 Å². The van der Waals surface area contributed by atoms with Gasteiger partial charge in [-0.3, -0.25) is 4.98 Å². The Kier molecular flexibility index (Phi) is 3.54. The number of aromatic nitrogens is 3. The van der Waals surface area contributed by atoms with E-state index in [1.54, 1.807) is 12.4 Å². The van der Waals surface area contributed by atoms with Crippen molar-refractivity contribution in [1.82, 2.24) is 14.5 Å². The van der Waals surface area contributed by atoms with E-state index in [4.69, 9.17) is 0 Å². The third kappa shape index (κ3) is 2.53. The Bertz CT molecular complexity index is 493. The number of aliphatic hydroxyl groups excluding tert-OH is 1. The van der Waals surface area contributed by atoms with Crippen LogP contribution in [-0.2, 0) is 13.0 Å². The summed E-state index contributed by atoms with van der Waals surface area (Å²) >= 11 is 0. The molecule has 0 radical (unpaired) electrons. The lowest BCUT2D eigenvalue weighted by molar-refractivity contribution is 0.173. The molecule has 1 unspecified atom stereocenters. The molecule has 0 aliphatic heterocycles. The molecule has 0 bridgehead atoms. The van der Waals surface area contributed by atoms with E-state index in [9.17, 15) is 5.11 Å². The first-order valence-electron chi connectivity index (χ1n) is 5.82. The summed E-state index contributed by atoms with van der Waals surface area (Å²) in [7, 11) is 0. The summed E-state index contributed by atoms with van der Waals surface area (Å²) in [5.74, 6) is 0.906. The van der Waals surface area contributed by atoms with Gasteiger partial charge in [0.2, 0.25) is 0 Å². The molecule has 0 spiro atoms. The van der Waals surface area contributed by atoms with Crippen molar-refractivity contribution < 1.29 is 5.11 Å². The molecule has 4 heteroatoms. The minimum Gasteiger partial charge on any atom is -0.388 e. The van der Waals surface area contributed by atoms with Crippen molar-refractivity contribution in [3.8, 4) is 0 Å². The summed E-state index contributed by atoms with van der Waals surface area (Å²) in [6.45, 7) is 4.84. The summed E-state index contributed by atoms with van der Waals surface area (Å²) in [4.78, 5) is 8.45. The zero-order chi connectivity index (χ0) is 12.3. The van der Waals surface area contributed by atoms with Crippen LogP contribution in [0.3, 0.4) is 0 Å². The molecule has 0 aliphatic carbocycles. The maximum atomic E-state index is 10.2. The van der Waals surface area contributed by atoms with Gasteiger partial charge in [-0.25, -0.2) is 4.98 Å². The van der Waals surface area contributed by atoms with E-state index in [0.717, 1.165) is 23.6 Å². The standard InChI is InChI=1S/C13H17N3O/c1-3-16-8-7-15-13(16)9-12(17)11-5-4-6-14-10(11)2/h4-8,12,17H,3,9H2,1-2H3. The Morgan fingerprint density at radius 1 is 1.35 bits per heavy atom. The first kappa shape index (κ1) is 11.8. The van der Waals surface area contributed by atoms with Crippen LogP contribution in [0.1, 0.15) is 30.1 Å². The molecule has 0 saturated heterocycles. The average Bonchev–Trinajstić information content (AvgIpc) is 2.76. The van der Waals surface area contributed by atoms with Crippen LogP contribution < -0.4 is 0 Å². The number of hydrogen-bond acceptors (Lipinski definition) is 3. The van der Waals surface area contributed by atoms with Gasteiger partial charge in [0.05, 0.1) is 6.10 Å². The lowest BCUT2D eigenvalue weighted by Gasteiger charge is -2.13. The highest BCUT2D eigenvalue weighted by Gasteiger charge is 2.14. The van der Waals surface area contributed by atoms with E-state index in [0.29, 0.717) is 6.42 Å². The SMILES string of the molecule is CCn1ccnc1CC(O)c1cccnc1C. The molecular formula is C13H17N3O. The Balaban J connectivity index is 2.17. The van der Waals surface area contributed by atoms with Crippen LogP contribution in [0.25, 0.3) is 0 Å². The Morgan fingerprint density at radius 3 is 2.88 bits per heavy atom. The molecule has 0 fully saturated rings. The van der Waals surface area contributed by atoms with Gasteiger partial charge < -0.3 is 9.67 Å².